The summed E-state index contributed by atoms with van der Waals surface area (Å²) in [7, 11) is 0. The number of hydrogen-bond acceptors (Lipinski definition) is 3. The van der Waals surface area contributed by atoms with Crippen molar-refractivity contribution in [1.82, 2.24) is 14.8 Å². The SMILES string of the molecule is Cc1[nH]n(-c2ccc(F)cc2)c(=O)c1C=Nc1ccc(Cl)cn1. The van der Waals surface area contributed by atoms with Crippen LogP contribution >= 0.6 is 11.6 Å². The fourth-order valence-corrected chi connectivity index (χ4v) is 2.17. The molecule has 0 radical (unpaired) electrons. The lowest BCUT2D eigenvalue weighted by Gasteiger charge is -2.00. The van der Waals surface area contributed by atoms with Gasteiger partial charge in [-0.05, 0) is 43.3 Å². The molecule has 5 nitrogen and oxygen atoms in total. The number of hydrogen-bond donors (Lipinski definition) is 1. The summed E-state index contributed by atoms with van der Waals surface area (Å²) in [6.07, 6.45) is 2.93. The molecule has 0 saturated heterocycles. The number of aromatic amines is 1. The van der Waals surface area contributed by atoms with E-state index in [0.29, 0.717) is 27.8 Å². The minimum Gasteiger partial charge on any atom is -0.295 e. The van der Waals surface area contributed by atoms with Crippen molar-refractivity contribution in [2.45, 2.75) is 6.92 Å². The van der Waals surface area contributed by atoms with E-state index in [1.807, 2.05) is 0 Å². The van der Waals surface area contributed by atoms with Gasteiger partial charge in [0.15, 0.2) is 5.82 Å². The van der Waals surface area contributed by atoms with Crippen molar-refractivity contribution in [1.29, 1.82) is 0 Å². The molecule has 2 aromatic heterocycles. The number of H-pyrrole nitrogens is 1. The molecule has 116 valence electrons. The molecule has 1 N–H and O–H groups in total. The molecule has 0 saturated carbocycles. The maximum absolute atomic E-state index is 13.0. The monoisotopic (exact) mass is 330 g/mol. The van der Waals surface area contributed by atoms with E-state index in [-0.39, 0.29) is 11.4 Å². The van der Waals surface area contributed by atoms with Gasteiger partial charge in [-0.25, -0.2) is 19.0 Å². The van der Waals surface area contributed by atoms with Gasteiger partial charge in [0.2, 0.25) is 0 Å². The molecule has 0 bridgehead atoms. The summed E-state index contributed by atoms with van der Waals surface area (Å²) in [5.74, 6) is 0.0865. The number of rotatable bonds is 3. The predicted octanol–water partition coefficient (Wildman–Crippen LogP) is 3.41. The summed E-state index contributed by atoms with van der Waals surface area (Å²) in [6, 6.07) is 8.96. The number of benzene rings is 1. The first-order chi connectivity index (χ1) is 11.0. The average molecular weight is 331 g/mol. The predicted molar refractivity (Wildman–Crippen MR) is 87.6 cm³/mol. The van der Waals surface area contributed by atoms with E-state index < -0.39 is 0 Å². The summed E-state index contributed by atoms with van der Waals surface area (Å²) in [5, 5.41) is 3.46. The summed E-state index contributed by atoms with van der Waals surface area (Å²) < 4.78 is 14.3. The quantitative estimate of drug-likeness (QED) is 0.748. The molecule has 23 heavy (non-hydrogen) atoms. The van der Waals surface area contributed by atoms with Gasteiger partial charge in [-0.3, -0.25) is 9.89 Å². The molecule has 1 aromatic carbocycles. The van der Waals surface area contributed by atoms with Crippen LogP contribution in [0, 0.1) is 12.7 Å². The van der Waals surface area contributed by atoms with Gasteiger partial charge in [-0.1, -0.05) is 11.6 Å². The first-order valence-corrected chi connectivity index (χ1v) is 7.15. The average Bonchev–Trinajstić information content (AvgIpc) is 2.82. The Kier molecular flexibility index (Phi) is 4.08. The topological polar surface area (TPSA) is 63.0 Å². The Bertz CT molecular complexity index is 911. The smallest absolute Gasteiger partial charge is 0.280 e. The maximum Gasteiger partial charge on any atom is 0.280 e. The number of pyridine rings is 1. The van der Waals surface area contributed by atoms with Gasteiger partial charge in [0.25, 0.3) is 5.56 Å². The third kappa shape index (κ3) is 3.22. The van der Waals surface area contributed by atoms with Crippen molar-refractivity contribution in [3.8, 4) is 5.69 Å². The van der Waals surface area contributed by atoms with Crippen LogP contribution in [0.3, 0.4) is 0 Å². The van der Waals surface area contributed by atoms with E-state index in [1.165, 1.54) is 41.4 Å². The van der Waals surface area contributed by atoms with E-state index in [9.17, 15) is 9.18 Å². The molecule has 0 aliphatic rings. The second kappa shape index (κ2) is 6.18. The summed E-state index contributed by atoms with van der Waals surface area (Å²) in [5.41, 5.74) is 1.33. The summed E-state index contributed by atoms with van der Waals surface area (Å²) >= 11 is 5.76. The second-order valence-corrected chi connectivity index (χ2v) is 5.30. The zero-order valence-corrected chi connectivity index (χ0v) is 12.9. The fraction of sp³-hybridized carbons (Fsp3) is 0.0625. The lowest BCUT2D eigenvalue weighted by molar-refractivity contribution is 0.627. The Balaban J connectivity index is 1.96. The molecule has 3 rings (SSSR count). The van der Waals surface area contributed by atoms with Crippen LogP contribution in [0.4, 0.5) is 10.2 Å². The van der Waals surface area contributed by atoms with Crippen molar-refractivity contribution in [3.63, 3.8) is 0 Å². The van der Waals surface area contributed by atoms with Crippen molar-refractivity contribution in [3.05, 3.63) is 75.0 Å². The molecule has 0 unspecified atom stereocenters. The normalized spacial score (nSPS) is 11.3. The van der Waals surface area contributed by atoms with Gasteiger partial charge < -0.3 is 0 Å². The van der Waals surface area contributed by atoms with Crippen LogP contribution in [0.5, 0.6) is 0 Å². The number of nitrogens with zero attached hydrogens (tertiary/aromatic N) is 3. The zero-order valence-electron chi connectivity index (χ0n) is 12.1. The molecule has 7 heteroatoms. The minimum absolute atomic E-state index is 0.271. The number of halogens is 2. The Morgan fingerprint density at radius 1 is 1.26 bits per heavy atom. The van der Waals surface area contributed by atoms with Crippen LogP contribution < -0.4 is 5.56 Å². The highest BCUT2D eigenvalue weighted by Gasteiger charge is 2.10. The third-order valence-corrected chi connectivity index (χ3v) is 3.46. The molecule has 2 heterocycles. The molecular weight excluding hydrogens is 319 g/mol. The number of aromatic nitrogens is 3. The molecule has 0 aliphatic carbocycles. The Morgan fingerprint density at radius 2 is 2.00 bits per heavy atom. The fourth-order valence-electron chi connectivity index (χ4n) is 2.06. The largest absolute Gasteiger partial charge is 0.295 e. The first kappa shape index (κ1) is 15.2. The van der Waals surface area contributed by atoms with Gasteiger partial charge in [0.1, 0.15) is 5.82 Å². The van der Waals surface area contributed by atoms with E-state index in [2.05, 4.69) is 15.1 Å². The molecule has 0 atom stereocenters. The lowest BCUT2D eigenvalue weighted by Crippen LogP contribution is -2.17. The van der Waals surface area contributed by atoms with E-state index in [0.717, 1.165) is 0 Å². The molecule has 0 fully saturated rings. The number of aliphatic imine (C=N–C) groups is 1. The Morgan fingerprint density at radius 3 is 2.65 bits per heavy atom. The van der Waals surface area contributed by atoms with Gasteiger partial charge >= 0.3 is 0 Å². The van der Waals surface area contributed by atoms with E-state index >= 15 is 0 Å². The van der Waals surface area contributed by atoms with Gasteiger partial charge in [-0.2, -0.15) is 0 Å². The van der Waals surface area contributed by atoms with Crippen LogP contribution in [0.15, 0.2) is 52.4 Å². The lowest BCUT2D eigenvalue weighted by atomic mass is 10.3. The van der Waals surface area contributed by atoms with Gasteiger partial charge in [0, 0.05) is 18.1 Å². The number of aryl methyl sites for hydroxylation is 1. The Hall–Kier alpha value is -2.73. The summed E-state index contributed by atoms with van der Waals surface area (Å²) in [4.78, 5) is 20.7. The zero-order chi connectivity index (χ0) is 16.4. The van der Waals surface area contributed by atoms with E-state index in [4.69, 9.17) is 11.6 Å². The van der Waals surface area contributed by atoms with E-state index in [1.54, 1.807) is 19.1 Å². The molecular formula is C16H12ClFN4O. The van der Waals surface area contributed by atoms with Crippen LogP contribution in [-0.4, -0.2) is 21.0 Å². The van der Waals surface area contributed by atoms with Crippen molar-refractivity contribution < 1.29 is 4.39 Å². The van der Waals surface area contributed by atoms with Crippen LogP contribution in [0.25, 0.3) is 5.69 Å². The van der Waals surface area contributed by atoms with Gasteiger partial charge in [0.05, 0.1) is 16.3 Å². The third-order valence-electron chi connectivity index (χ3n) is 3.24. The van der Waals surface area contributed by atoms with Crippen molar-refractivity contribution >= 4 is 23.6 Å². The first-order valence-electron chi connectivity index (χ1n) is 6.78. The highest BCUT2D eigenvalue weighted by molar-refractivity contribution is 6.30. The molecule has 0 amide bonds. The van der Waals surface area contributed by atoms with Crippen molar-refractivity contribution in [2.24, 2.45) is 4.99 Å². The van der Waals surface area contributed by atoms with Gasteiger partial charge in [-0.15, -0.1) is 0 Å². The highest BCUT2D eigenvalue weighted by Crippen LogP contribution is 2.13. The second-order valence-electron chi connectivity index (χ2n) is 4.86. The van der Waals surface area contributed by atoms with Crippen LogP contribution in [-0.2, 0) is 0 Å². The highest BCUT2D eigenvalue weighted by atomic mass is 35.5. The molecule has 0 aliphatic heterocycles. The standard InChI is InChI=1S/C16H12ClFN4O/c1-10-14(9-20-15-7-2-11(17)8-19-15)16(23)22(21-10)13-5-3-12(18)4-6-13/h2-9,21H,1H3. The molecule has 0 spiro atoms. The number of nitrogens with one attached hydrogen (secondary N) is 1. The Labute approximate surface area is 136 Å². The summed E-state index contributed by atoms with van der Waals surface area (Å²) in [6.45, 7) is 1.76. The molecule has 3 aromatic rings. The van der Waals surface area contributed by atoms with Crippen LogP contribution in [0.1, 0.15) is 11.3 Å². The van der Waals surface area contributed by atoms with Crippen molar-refractivity contribution in [2.75, 3.05) is 0 Å². The minimum atomic E-state index is -0.360. The maximum atomic E-state index is 13.0. The van der Waals surface area contributed by atoms with Crippen LogP contribution in [0.2, 0.25) is 5.02 Å².